The van der Waals surface area contributed by atoms with Crippen LogP contribution in [0.3, 0.4) is 0 Å². The molecule has 0 unspecified atom stereocenters. The molecule has 0 spiro atoms. The molecule has 1 heterocycles. The second-order valence-electron chi connectivity index (χ2n) is 4.18. The lowest BCUT2D eigenvalue weighted by molar-refractivity contribution is 0.307. The summed E-state index contributed by atoms with van der Waals surface area (Å²) in [4.78, 5) is 2.40. The van der Waals surface area contributed by atoms with Crippen LogP contribution in [0, 0.1) is 0 Å². The molecule has 1 aliphatic heterocycles. The fourth-order valence-electron chi connectivity index (χ4n) is 2.14. The van der Waals surface area contributed by atoms with Crippen molar-refractivity contribution in [3.63, 3.8) is 0 Å². The van der Waals surface area contributed by atoms with E-state index >= 15 is 0 Å². The molecule has 1 aromatic rings. The number of fused-ring (bicyclic) bond motifs is 1. The van der Waals surface area contributed by atoms with E-state index in [0.29, 0.717) is 6.54 Å². The predicted molar refractivity (Wildman–Crippen MR) is 67.2 cm³/mol. The van der Waals surface area contributed by atoms with Gasteiger partial charge in [-0.05, 0) is 37.1 Å². The quantitative estimate of drug-likeness (QED) is 0.841. The zero-order chi connectivity index (χ0) is 11.4. The number of ether oxygens (including phenoxy) is 1. The Bertz CT molecular complexity index is 352. The Morgan fingerprint density at radius 3 is 3.06 bits per heavy atom. The Kier molecular flexibility index (Phi) is 3.67. The molecule has 88 valence electrons. The highest BCUT2D eigenvalue weighted by atomic mass is 16.5. The molecule has 0 bridgehead atoms. The van der Waals surface area contributed by atoms with Gasteiger partial charge >= 0.3 is 0 Å². The maximum atomic E-state index is 5.66. The van der Waals surface area contributed by atoms with Gasteiger partial charge in [-0.1, -0.05) is 13.0 Å². The second-order valence-corrected chi connectivity index (χ2v) is 4.18. The average molecular weight is 220 g/mol. The van der Waals surface area contributed by atoms with Crippen LogP contribution in [0.1, 0.15) is 18.9 Å². The van der Waals surface area contributed by atoms with Crippen molar-refractivity contribution in [1.29, 1.82) is 0 Å². The third kappa shape index (κ3) is 2.30. The van der Waals surface area contributed by atoms with Gasteiger partial charge < -0.3 is 15.4 Å². The van der Waals surface area contributed by atoms with Gasteiger partial charge in [-0.15, -0.1) is 0 Å². The molecule has 1 aliphatic rings. The third-order valence-electron chi connectivity index (χ3n) is 2.91. The van der Waals surface area contributed by atoms with Gasteiger partial charge in [-0.25, -0.2) is 0 Å². The van der Waals surface area contributed by atoms with E-state index in [1.807, 2.05) is 0 Å². The van der Waals surface area contributed by atoms with Gasteiger partial charge in [-0.3, -0.25) is 0 Å². The first-order valence-corrected chi connectivity index (χ1v) is 6.06. The number of hydrogen-bond donors (Lipinski definition) is 1. The summed E-state index contributed by atoms with van der Waals surface area (Å²) >= 11 is 0. The van der Waals surface area contributed by atoms with Crippen LogP contribution in [0.25, 0.3) is 0 Å². The molecular weight excluding hydrogens is 200 g/mol. The Labute approximate surface area is 97.2 Å². The van der Waals surface area contributed by atoms with Gasteiger partial charge in [0.2, 0.25) is 0 Å². The molecule has 3 heteroatoms. The number of hydrogen-bond acceptors (Lipinski definition) is 3. The summed E-state index contributed by atoms with van der Waals surface area (Å²) in [5.74, 6) is 1.01. The van der Waals surface area contributed by atoms with Crippen LogP contribution in [0.5, 0.6) is 5.75 Å². The summed E-state index contributed by atoms with van der Waals surface area (Å²) in [6.45, 7) is 5.80. The van der Waals surface area contributed by atoms with Crippen molar-refractivity contribution in [2.45, 2.75) is 19.8 Å². The number of benzene rings is 1. The van der Waals surface area contributed by atoms with Gasteiger partial charge in [0.25, 0.3) is 0 Å². The van der Waals surface area contributed by atoms with Gasteiger partial charge in [-0.2, -0.15) is 0 Å². The van der Waals surface area contributed by atoms with Gasteiger partial charge in [0.1, 0.15) is 12.4 Å². The van der Waals surface area contributed by atoms with Crippen molar-refractivity contribution >= 4 is 5.69 Å². The van der Waals surface area contributed by atoms with Crippen LogP contribution in [-0.2, 0) is 6.42 Å². The maximum Gasteiger partial charge on any atom is 0.142 e. The van der Waals surface area contributed by atoms with E-state index in [0.717, 1.165) is 31.9 Å². The molecule has 0 amide bonds. The van der Waals surface area contributed by atoms with E-state index in [1.54, 1.807) is 0 Å². The smallest absolute Gasteiger partial charge is 0.142 e. The van der Waals surface area contributed by atoms with E-state index in [9.17, 15) is 0 Å². The third-order valence-corrected chi connectivity index (χ3v) is 2.91. The largest absolute Gasteiger partial charge is 0.490 e. The molecule has 0 radical (unpaired) electrons. The van der Waals surface area contributed by atoms with E-state index in [1.165, 1.54) is 17.7 Å². The number of nitrogens with two attached hydrogens (primary N) is 1. The zero-order valence-electron chi connectivity index (χ0n) is 9.91. The average Bonchev–Trinajstić information content (AvgIpc) is 2.31. The lowest BCUT2D eigenvalue weighted by Gasteiger charge is -2.31. The van der Waals surface area contributed by atoms with Crippen molar-refractivity contribution in [2.24, 2.45) is 5.73 Å². The van der Waals surface area contributed by atoms with Gasteiger partial charge in [0.15, 0.2) is 0 Å². The van der Waals surface area contributed by atoms with Crippen LogP contribution in [0.2, 0.25) is 0 Å². The maximum absolute atomic E-state index is 5.66. The normalized spacial score (nSPS) is 14.5. The first-order chi connectivity index (χ1) is 7.85. The van der Waals surface area contributed by atoms with Crippen LogP contribution < -0.4 is 15.4 Å². The molecule has 16 heavy (non-hydrogen) atoms. The Morgan fingerprint density at radius 1 is 1.44 bits per heavy atom. The molecule has 0 saturated heterocycles. The van der Waals surface area contributed by atoms with Crippen molar-refractivity contribution in [3.8, 4) is 5.75 Å². The highest BCUT2D eigenvalue weighted by Crippen LogP contribution is 2.32. The molecule has 0 fully saturated rings. The number of nitrogens with zero attached hydrogens (tertiary/aromatic N) is 1. The Hall–Kier alpha value is -1.22. The van der Waals surface area contributed by atoms with Crippen LogP contribution in [0.15, 0.2) is 18.2 Å². The van der Waals surface area contributed by atoms with Crippen molar-refractivity contribution in [3.05, 3.63) is 23.8 Å². The standard InChI is InChI=1S/C13H20N2O/c1-2-7-15-8-9-16-13-4-3-11(5-6-14)10-12(13)15/h3-4,10H,2,5-9,14H2,1H3. The minimum absolute atomic E-state index is 0.702. The minimum atomic E-state index is 0.702. The van der Waals surface area contributed by atoms with Crippen molar-refractivity contribution < 1.29 is 4.74 Å². The van der Waals surface area contributed by atoms with E-state index in [2.05, 4.69) is 30.0 Å². The van der Waals surface area contributed by atoms with Crippen molar-refractivity contribution in [1.82, 2.24) is 0 Å². The molecule has 0 aromatic heterocycles. The Balaban J connectivity index is 2.25. The monoisotopic (exact) mass is 220 g/mol. The lowest BCUT2D eigenvalue weighted by atomic mass is 10.1. The summed E-state index contributed by atoms with van der Waals surface area (Å²) in [5, 5.41) is 0. The predicted octanol–water partition coefficient (Wildman–Crippen LogP) is 1.80. The molecule has 0 atom stereocenters. The van der Waals surface area contributed by atoms with E-state index in [4.69, 9.17) is 10.5 Å². The van der Waals surface area contributed by atoms with Gasteiger partial charge in [0.05, 0.1) is 12.2 Å². The zero-order valence-corrected chi connectivity index (χ0v) is 9.91. The molecular formula is C13H20N2O. The summed E-state index contributed by atoms with van der Waals surface area (Å²) in [5.41, 5.74) is 8.12. The second kappa shape index (κ2) is 5.21. The van der Waals surface area contributed by atoms with Crippen molar-refractivity contribution in [2.75, 3.05) is 31.1 Å². The number of rotatable bonds is 4. The SMILES string of the molecule is CCCN1CCOc2ccc(CCN)cc21. The molecule has 0 saturated carbocycles. The molecule has 1 aromatic carbocycles. The fraction of sp³-hybridized carbons (Fsp3) is 0.538. The van der Waals surface area contributed by atoms with E-state index < -0.39 is 0 Å². The van der Waals surface area contributed by atoms with E-state index in [-0.39, 0.29) is 0 Å². The van der Waals surface area contributed by atoms with Gasteiger partial charge in [0, 0.05) is 6.54 Å². The molecule has 0 aliphatic carbocycles. The first kappa shape index (κ1) is 11.3. The first-order valence-electron chi connectivity index (χ1n) is 6.06. The highest BCUT2D eigenvalue weighted by Gasteiger charge is 2.17. The fourth-order valence-corrected chi connectivity index (χ4v) is 2.14. The minimum Gasteiger partial charge on any atom is -0.490 e. The summed E-state index contributed by atoms with van der Waals surface area (Å²) in [6.07, 6.45) is 2.10. The summed E-state index contributed by atoms with van der Waals surface area (Å²) in [7, 11) is 0. The molecule has 2 rings (SSSR count). The van der Waals surface area contributed by atoms with Crippen LogP contribution in [-0.4, -0.2) is 26.2 Å². The topological polar surface area (TPSA) is 38.5 Å². The Morgan fingerprint density at radius 2 is 2.31 bits per heavy atom. The summed E-state index contributed by atoms with van der Waals surface area (Å²) in [6, 6.07) is 6.40. The highest BCUT2D eigenvalue weighted by molar-refractivity contribution is 5.61. The number of anilines is 1. The summed E-state index contributed by atoms with van der Waals surface area (Å²) < 4.78 is 5.66. The van der Waals surface area contributed by atoms with Crippen LogP contribution >= 0.6 is 0 Å². The molecule has 3 nitrogen and oxygen atoms in total. The van der Waals surface area contributed by atoms with Crippen LogP contribution in [0.4, 0.5) is 5.69 Å². The molecule has 2 N–H and O–H groups in total. The lowest BCUT2D eigenvalue weighted by Crippen LogP contribution is -2.33.